The van der Waals surface area contributed by atoms with Crippen molar-refractivity contribution in [2.24, 2.45) is 5.73 Å². The van der Waals surface area contributed by atoms with E-state index in [0.29, 0.717) is 5.56 Å². The highest BCUT2D eigenvalue weighted by molar-refractivity contribution is 7.99. The zero-order valence-corrected chi connectivity index (χ0v) is 13.3. The fourth-order valence-corrected chi connectivity index (χ4v) is 3.21. The van der Waals surface area contributed by atoms with E-state index >= 15 is 0 Å². The first-order valence-corrected chi connectivity index (χ1v) is 8.14. The summed E-state index contributed by atoms with van der Waals surface area (Å²) >= 11 is 1.52. The molecule has 3 amide bonds. The monoisotopic (exact) mass is 338 g/mol. The predicted molar refractivity (Wildman–Crippen MR) is 84.1 cm³/mol. The zero-order chi connectivity index (χ0) is 16.7. The summed E-state index contributed by atoms with van der Waals surface area (Å²) in [5, 5.41) is 1.83. The van der Waals surface area contributed by atoms with Gasteiger partial charge in [0.25, 0.3) is 5.91 Å². The number of rotatable bonds is 6. The van der Waals surface area contributed by atoms with Crippen LogP contribution in [-0.2, 0) is 14.3 Å². The number of imide groups is 1. The second-order valence-electron chi connectivity index (χ2n) is 4.93. The highest BCUT2D eigenvalue weighted by atomic mass is 32.2. The van der Waals surface area contributed by atoms with Gasteiger partial charge in [0, 0.05) is 17.3 Å². The van der Waals surface area contributed by atoms with Gasteiger partial charge in [-0.05, 0) is 25.0 Å². The lowest BCUT2D eigenvalue weighted by Crippen LogP contribution is -2.37. The molecule has 3 N–H and O–H groups in total. The predicted octanol–water partition coefficient (Wildman–Crippen LogP) is 1.31. The third-order valence-corrected chi connectivity index (χ3v) is 4.36. The number of thioether (sulfide) groups is 1. The van der Waals surface area contributed by atoms with E-state index in [1.54, 1.807) is 12.1 Å². The second kappa shape index (κ2) is 8.54. The van der Waals surface area contributed by atoms with Gasteiger partial charge >= 0.3 is 12.0 Å². The Labute approximate surface area is 137 Å². The van der Waals surface area contributed by atoms with Crippen LogP contribution in [0.4, 0.5) is 4.79 Å². The Kier molecular flexibility index (Phi) is 6.42. The summed E-state index contributed by atoms with van der Waals surface area (Å²) in [6.07, 6.45) is 2.28. The van der Waals surface area contributed by atoms with E-state index in [0.717, 1.165) is 30.1 Å². The number of esters is 1. The van der Waals surface area contributed by atoms with Gasteiger partial charge in [-0.1, -0.05) is 12.1 Å². The molecule has 0 bridgehead atoms. The van der Waals surface area contributed by atoms with Crippen molar-refractivity contribution >= 4 is 29.7 Å². The Morgan fingerprint density at radius 1 is 1.35 bits per heavy atom. The molecule has 7 nitrogen and oxygen atoms in total. The molecule has 2 rings (SSSR count). The van der Waals surface area contributed by atoms with Gasteiger partial charge in [0.05, 0.1) is 11.7 Å². The maximum Gasteiger partial charge on any atom is 0.339 e. The number of benzene rings is 1. The lowest BCUT2D eigenvalue weighted by Gasteiger charge is -2.11. The minimum Gasteiger partial charge on any atom is -0.452 e. The van der Waals surface area contributed by atoms with Crippen LogP contribution in [0.25, 0.3) is 0 Å². The van der Waals surface area contributed by atoms with Crippen molar-refractivity contribution in [1.29, 1.82) is 0 Å². The van der Waals surface area contributed by atoms with Crippen LogP contribution >= 0.6 is 11.8 Å². The standard InChI is InChI=1S/C15H18N2O5S/c16-15(20)17-13(18)8-22-14(19)11-5-1-2-6-12(11)23-9-10-4-3-7-21-10/h1-2,5-6,10H,3-4,7-9H2,(H3,16,17,18,20)/t10-/m0/s1. The highest BCUT2D eigenvalue weighted by Crippen LogP contribution is 2.27. The first-order chi connectivity index (χ1) is 11.1. The number of carbonyl (C=O) groups is 3. The van der Waals surface area contributed by atoms with Crippen LogP contribution in [0.3, 0.4) is 0 Å². The molecule has 0 aliphatic carbocycles. The quantitative estimate of drug-likeness (QED) is 0.598. The molecular weight excluding hydrogens is 320 g/mol. The smallest absolute Gasteiger partial charge is 0.339 e. The third-order valence-electron chi connectivity index (χ3n) is 3.15. The van der Waals surface area contributed by atoms with Crippen molar-refractivity contribution in [3.05, 3.63) is 29.8 Å². The molecule has 1 aliphatic heterocycles. The van der Waals surface area contributed by atoms with Gasteiger partial charge in [0.15, 0.2) is 6.61 Å². The van der Waals surface area contributed by atoms with E-state index in [9.17, 15) is 14.4 Å². The highest BCUT2D eigenvalue weighted by Gasteiger charge is 2.19. The van der Waals surface area contributed by atoms with Gasteiger partial charge in [-0.15, -0.1) is 11.8 Å². The van der Waals surface area contributed by atoms with Crippen LogP contribution in [-0.4, -0.2) is 43.0 Å². The summed E-state index contributed by atoms with van der Waals surface area (Å²) in [4.78, 5) is 34.6. The molecule has 1 saturated heterocycles. The Hall–Kier alpha value is -2.06. The van der Waals surface area contributed by atoms with E-state index in [4.69, 9.17) is 15.2 Å². The van der Waals surface area contributed by atoms with Crippen LogP contribution in [0.5, 0.6) is 0 Å². The molecule has 0 unspecified atom stereocenters. The average Bonchev–Trinajstić information content (AvgIpc) is 3.03. The molecule has 0 spiro atoms. The Bertz CT molecular complexity index is 587. The summed E-state index contributed by atoms with van der Waals surface area (Å²) in [5.41, 5.74) is 5.18. The Morgan fingerprint density at radius 2 is 2.13 bits per heavy atom. The first kappa shape index (κ1) is 17.3. The van der Waals surface area contributed by atoms with E-state index in [1.807, 2.05) is 17.4 Å². The summed E-state index contributed by atoms with van der Waals surface area (Å²) < 4.78 is 10.5. The van der Waals surface area contributed by atoms with Crippen molar-refractivity contribution in [3.8, 4) is 0 Å². The molecule has 0 aromatic heterocycles. The summed E-state index contributed by atoms with van der Waals surface area (Å²) in [6.45, 7) is 0.219. The average molecular weight is 338 g/mol. The van der Waals surface area contributed by atoms with Crippen molar-refractivity contribution in [1.82, 2.24) is 5.32 Å². The molecule has 1 aliphatic rings. The number of ether oxygens (including phenoxy) is 2. The topological polar surface area (TPSA) is 108 Å². The van der Waals surface area contributed by atoms with E-state index in [2.05, 4.69) is 0 Å². The number of hydrogen-bond donors (Lipinski definition) is 2. The van der Waals surface area contributed by atoms with Gasteiger partial charge in [-0.2, -0.15) is 0 Å². The summed E-state index contributed by atoms with van der Waals surface area (Å²) in [6, 6.07) is 6.01. The number of amides is 3. The molecule has 8 heteroatoms. The Balaban J connectivity index is 1.91. The number of nitrogens with one attached hydrogen (secondary N) is 1. The lowest BCUT2D eigenvalue weighted by atomic mass is 10.2. The normalized spacial score (nSPS) is 16.8. The number of nitrogens with two attached hydrogens (primary N) is 1. The van der Waals surface area contributed by atoms with Crippen LogP contribution in [0.15, 0.2) is 29.2 Å². The van der Waals surface area contributed by atoms with Gasteiger partial charge < -0.3 is 15.2 Å². The van der Waals surface area contributed by atoms with E-state index < -0.39 is 24.5 Å². The number of hydrogen-bond acceptors (Lipinski definition) is 6. The molecule has 124 valence electrons. The third kappa shape index (κ3) is 5.57. The first-order valence-electron chi connectivity index (χ1n) is 7.16. The lowest BCUT2D eigenvalue weighted by molar-refractivity contribution is -0.123. The van der Waals surface area contributed by atoms with Crippen LogP contribution in [0.2, 0.25) is 0 Å². The maximum absolute atomic E-state index is 12.1. The summed E-state index contributed by atoms with van der Waals surface area (Å²) in [5.74, 6) is -0.637. The SMILES string of the molecule is NC(=O)NC(=O)COC(=O)c1ccccc1SC[C@@H]1CCCO1. The molecule has 1 aromatic carbocycles. The van der Waals surface area contributed by atoms with Crippen molar-refractivity contribution in [2.45, 2.75) is 23.8 Å². The van der Waals surface area contributed by atoms with Crippen LogP contribution < -0.4 is 11.1 Å². The molecule has 23 heavy (non-hydrogen) atoms. The minimum absolute atomic E-state index is 0.199. The molecule has 1 atom stereocenters. The molecule has 0 radical (unpaired) electrons. The van der Waals surface area contributed by atoms with Gasteiger partial charge in [-0.25, -0.2) is 9.59 Å². The van der Waals surface area contributed by atoms with E-state index in [-0.39, 0.29) is 6.10 Å². The fourth-order valence-electron chi connectivity index (χ4n) is 2.10. The second-order valence-corrected chi connectivity index (χ2v) is 5.99. The van der Waals surface area contributed by atoms with Gasteiger partial charge in [-0.3, -0.25) is 10.1 Å². The molecular formula is C15H18N2O5S. The number of carbonyl (C=O) groups excluding carboxylic acids is 3. The molecule has 1 aromatic rings. The van der Waals surface area contributed by atoms with Gasteiger partial charge in [0.1, 0.15) is 0 Å². The van der Waals surface area contributed by atoms with Crippen molar-refractivity contribution < 1.29 is 23.9 Å². The maximum atomic E-state index is 12.1. The zero-order valence-electron chi connectivity index (χ0n) is 12.4. The van der Waals surface area contributed by atoms with Crippen LogP contribution in [0, 0.1) is 0 Å². The van der Waals surface area contributed by atoms with Crippen LogP contribution in [0.1, 0.15) is 23.2 Å². The Morgan fingerprint density at radius 3 is 2.83 bits per heavy atom. The van der Waals surface area contributed by atoms with E-state index in [1.165, 1.54) is 11.8 Å². The number of primary amides is 1. The largest absolute Gasteiger partial charge is 0.452 e. The van der Waals surface area contributed by atoms with Gasteiger partial charge in [0.2, 0.25) is 0 Å². The summed E-state index contributed by atoms with van der Waals surface area (Å²) in [7, 11) is 0. The molecule has 1 fully saturated rings. The fraction of sp³-hybridized carbons (Fsp3) is 0.400. The molecule has 1 heterocycles. The number of urea groups is 1. The molecule has 0 saturated carbocycles. The minimum atomic E-state index is -0.987. The van der Waals surface area contributed by atoms with Crippen molar-refractivity contribution in [2.75, 3.05) is 19.0 Å². The van der Waals surface area contributed by atoms with Crippen molar-refractivity contribution in [3.63, 3.8) is 0 Å².